The van der Waals surface area contributed by atoms with Gasteiger partial charge in [0, 0.05) is 25.1 Å². The molecule has 0 saturated heterocycles. The van der Waals surface area contributed by atoms with Gasteiger partial charge in [0.05, 0.1) is 17.3 Å². The van der Waals surface area contributed by atoms with Gasteiger partial charge in [-0.2, -0.15) is 0 Å². The Hall–Kier alpha value is -1.45. The smallest absolute Gasteiger partial charge is 0.0724 e. The fraction of sp³-hybridized carbons (Fsp3) is 0.438. The summed E-state index contributed by atoms with van der Waals surface area (Å²) in [4.78, 5) is 4.68. The Morgan fingerprint density at radius 2 is 2.11 bits per heavy atom. The van der Waals surface area contributed by atoms with Crippen LogP contribution in [0.3, 0.4) is 0 Å². The molecule has 2 atom stereocenters. The van der Waals surface area contributed by atoms with E-state index in [1.54, 1.807) is 7.11 Å². The normalized spacial score (nSPS) is 23.0. The fourth-order valence-corrected chi connectivity index (χ4v) is 2.88. The lowest BCUT2D eigenvalue weighted by Crippen LogP contribution is -2.36. The highest BCUT2D eigenvalue weighted by Crippen LogP contribution is 2.22. The third-order valence-corrected chi connectivity index (χ3v) is 3.96. The van der Waals surface area contributed by atoms with Crippen LogP contribution in [-0.2, 0) is 11.3 Å². The lowest BCUT2D eigenvalue weighted by molar-refractivity contribution is 0.0846. The predicted molar refractivity (Wildman–Crippen MR) is 77.0 cm³/mol. The number of aromatic nitrogens is 1. The van der Waals surface area contributed by atoms with Crippen molar-refractivity contribution in [3.8, 4) is 0 Å². The summed E-state index contributed by atoms with van der Waals surface area (Å²) < 4.78 is 5.50. The monoisotopic (exact) mass is 256 g/mol. The number of methoxy groups -OCH3 is 1. The van der Waals surface area contributed by atoms with Crippen molar-refractivity contribution >= 4 is 10.9 Å². The molecule has 1 aromatic heterocycles. The van der Waals surface area contributed by atoms with Gasteiger partial charge in [0.2, 0.25) is 0 Å². The number of hydrogen-bond donors (Lipinski definition) is 1. The maximum Gasteiger partial charge on any atom is 0.0724 e. The summed E-state index contributed by atoms with van der Waals surface area (Å²) in [6, 6.07) is 12.9. The van der Waals surface area contributed by atoms with Crippen molar-refractivity contribution < 1.29 is 4.74 Å². The van der Waals surface area contributed by atoms with Crippen molar-refractivity contribution in [2.45, 2.75) is 38.0 Å². The van der Waals surface area contributed by atoms with E-state index in [4.69, 9.17) is 4.74 Å². The molecule has 0 aliphatic heterocycles. The molecule has 1 heterocycles. The Kier molecular flexibility index (Phi) is 3.76. The van der Waals surface area contributed by atoms with E-state index in [0.29, 0.717) is 12.1 Å². The molecule has 1 N–H and O–H groups in total. The molecule has 0 amide bonds. The number of nitrogens with one attached hydrogen (secondary N) is 1. The van der Waals surface area contributed by atoms with Crippen molar-refractivity contribution in [3.63, 3.8) is 0 Å². The molecule has 100 valence electrons. The van der Waals surface area contributed by atoms with Gasteiger partial charge in [-0.1, -0.05) is 24.3 Å². The fourth-order valence-electron chi connectivity index (χ4n) is 2.88. The van der Waals surface area contributed by atoms with E-state index in [1.165, 1.54) is 24.6 Å². The number of nitrogens with zero attached hydrogens (tertiary/aromatic N) is 1. The van der Waals surface area contributed by atoms with Crippen LogP contribution in [0.25, 0.3) is 10.9 Å². The second kappa shape index (κ2) is 5.68. The highest BCUT2D eigenvalue weighted by Gasteiger charge is 2.26. The third-order valence-electron chi connectivity index (χ3n) is 3.96. The number of rotatable bonds is 4. The summed E-state index contributed by atoms with van der Waals surface area (Å²) in [6.07, 6.45) is 3.98. The first-order valence-corrected chi connectivity index (χ1v) is 6.97. The first-order valence-electron chi connectivity index (χ1n) is 6.97. The molecule has 2 unspecified atom stereocenters. The molecular weight excluding hydrogens is 236 g/mol. The van der Waals surface area contributed by atoms with Crippen LogP contribution in [0.5, 0.6) is 0 Å². The minimum atomic E-state index is 0.362. The molecule has 1 fully saturated rings. The quantitative estimate of drug-likeness (QED) is 0.913. The molecule has 1 aliphatic carbocycles. The van der Waals surface area contributed by atoms with Crippen LogP contribution in [0.1, 0.15) is 25.0 Å². The maximum absolute atomic E-state index is 5.50. The molecule has 1 aromatic carbocycles. The molecule has 1 aliphatic rings. The van der Waals surface area contributed by atoms with E-state index in [0.717, 1.165) is 17.8 Å². The minimum Gasteiger partial charge on any atom is -0.380 e. The standard InChI is InChI=1S/C16H20N2O/c1-19-16-8-4-7-15(16)17-11-13-10-9-12-5-2-3-6-14(12)18-13/h2-3,5-6,9-10,15-17H,4,7-8,11H2,1H3. The number of ether oxygens (including phenoxy) is 1. The van der Waals surface area contributed by atoms with Gasteiger partial charge in [-0.15, -0.1) is 0 Å². The van der Waals surface area contributed by atoms with Crippen molar-refractivity contribution in [1.29, 1.82) is 0 Å². The highest BCUT2D eigenvalue weighted by molar-refractivity contribution is 5.78. The largest absolute Gasteiger partial charge is 0.380 e. The molecule has 3 heteroatoms. The van der Waals surface area contributed by atoms with Crippen LogP contribution in [0.15, 0.2) is 36.4 Å². The van der Waals surface area contributed by atoms with Gasteiger partial charge in [0.15, 0.2) is 0 Å². The van der Waals surface area contributed by atoms with Gasteiger partial charge in [0.1, 0.15) is 0 Å². The molecule has 0 spiro atoms. The van der Waals surface area contributed by atoms with Gasteiger partial charge in [0.25, 0.3) is 0 Å². The Labute approximate surface area is 114 Å². The van der Waals surface area contributed by atoms with Crippen molar-refractivity contribution in [2.75, 3.05) is 7.11 Å². The zero-order valence-corrected chi connectivity index (χ0v) is 11.3. The van der Waals surface area contributed by atoms with Crippen LogP contribution < -0.4 is 5.32 Å². The van der Waals surface area contributed by atoms with Gasteiger partial charge in [-0.25, -0.2) is 0 Å². The average Bonchev–Trinajstić information content (AvgIpc) is 2.92. The molecule has 3 rings (SSSR count). The van der Waals surface area contributed by atoms with E-state index >= 15 is 0 Å². The van der Waals surface area contributed by atoms with Crippen molar-refractivity contribution in [1.82, 2.24) is 10.3 Å². The molecule has 0 radical (unpaired) electrons. The van der Waals surface area contributed by atoms with Gasteiger partial charge in [-0.3, -0.25) is 4.98 Å². The lowest BCUT2D eigenvalue weighted by Gasteiger charge is -2.19. The maximum atomic E-state index is 5.50. The minimum absolute atomic E-state index is 0.362. The van der Waals surface area contributed by atoms with E-state index < -0.39 is 0 Å². The third kappa shape index (κ3) is 2.77. The van der Waals surface area contributed by atoms with Crippen LogP contribution in [0.2, 0.25) is 0 Å². The van der Waals surface area contributed by atoms with E-state index in [1.807, 2.05) is 12.1 Å². The Balaban J connectivity index is 1.68. The van der Waals surface area contributed by atoms with E-state index in [9.17, 15) is 0 Å². The van der Waals surface area contributed by atoms with E-state index in [2.05, 4.69) is 34.6 Å². The predicted octanol–water partition coefficient (Wildman–Crippen LogP) is 2.89. The topological polar surface area (TPSA) is 34.1 Å². The molecule has 19 heavy (non-hydrogen) atoms. The Morgan fingerprint density at radius 1 is 1.21 bits per heavy atom. The number of pyridine rings is 1. The molecule has 1 saturated carbocycles. The Bertz CT molecular complexity index is 555. The zero-order valence-electron chi connectivity index (χ0n) is 11.3. The van der Waals surface area contributed by atoms with Gasteiger partial charge >= 0.3 is 0 Å². The van der Waals surface area contributed by atoms with E-state index in [-0.39, 0.29) is 0 Å². The number of para-hydroxylation sites is 1. The molecule has 0 bridgehead atoms. The van der Waals surface area contributed by atoms with Crippen LogP contribution in [-0.4, -0.2) is 24.2 Å². The van der Waals surface area contributed by atoms with Crippen LogP contribution in [0, 0.1) is 0 Å². The average molecular weight is 256 g/mol. The summed E-state index contributed by atoms with van der Waals surface area (Å²) in [6.45, 7) is 0.815. The molecule has 2 aromatic rings. The summed E-state index contributed by atoms with van der Waals surface area (Å²) in [5, 5.41) is 4.77. The number of benzene rings is 1. The number of fused-ring (bicyclic) bond motifs is 1. The van der Waals surface area contributed by atoms with Gasteiger partial charge < -0.3 is 10.1 Å². The Morgan fingerprint density at radius 3 is 3.00 bits per heavy atom. The second-order valence-corrected chi connectivity index (χ2v) is 5.19. The molecule has 3 nitrogen and oxygen atoms in total. The summed E-state index contributed by atoms with van der Waals surface area (Å²) in [5.41, 5.74) is 2.16. The first kappa shape index (κ1) is 12.6. The second-order valence-electron chi connectivity index (χ2n) is 5.19. The van der Waals surface area contributed by atoms with Gasteiger partial charge in [-0.05, 0) is 31.4 Å². The zero-order chi connectivity index (χ0) is 13.1. The summed E-state index contributed by atoms with van der Waals surface area (Å²) in [7, 11) is 1.80. The lowest BCUT2D eigenvalue weighted by atomic mass is 10.2. The van der Waals surface area contributed by atoms with Crippen molar-refractivity contribution in [2.24, 2.45) is 0 Å². The number of hydrogen-bond acceptors (Lipinski definition) is 3. The summed E-state index contributed by atoms with van der Waals surface area (Å²) >= 11 is 0. The highest BCUT2D eigenvalue weighted by atomic mass is 16.5. The summed E-state index contributed by atoms with van der Waals surface area (Å²) in [5.74, 6) is 0. The van der Waals surface area contributed by atoms with Crippen molar-refractivity contribution in [3.05, 3.63) is 42.1 Å². The molecular formula is C16H20N2O. The van der Waals surface area contributed by atoms with Crippen LogP contribution >= 0.6 is 0 Å². The SMILES string of the molecule is COC1CCCC1NCc1ccc2ccccc2n1. The first-order chi connectivity index (χ1) is 9.36. The van der Waals surface area contributed by atoms with Crippen LogP contribution in [0.4, 0.5) is 0 Å².